The maximum Gasteiger partial charge on any atom is 0.200 e. The minimum absolute atomic E-state index is 0.583. The van der Waals surface area contributed by atoms with Gasteiger partial charge in [-0.25, -0.2) is 4.98 Å². The molecule has 3 N–H and O–H groups in total. The first-order valence-corrected chi connectivity index (χ1v) is 5.38. The van der Waals surface area contributed by atoms with Crippen LogP contribution in [-0.2, 0) is 0 Å². The van der Waals surface area contributed by atoms with E-state index in [1.54, 1.807) is 19.6 Å². The largest absolute Gasteiger partial charge is 0.495 e. The second kappa shape index (κ2) is 3.99. The van der Waals surface area contributed by atoms with Crippen LogP contribution in [-0.4, -0.2) is 27.3 Å². The van der Waals surface area contributed by atoms with Gasteiger partial charge >= 0.3 is 0 Å². The highest BCUT2D eigenvalue weighted by Crippen LogP contribution is 2.30. The van der Waals surface area contributed by atoms with E-state index in [-0.39, 0.29) is 0 Å². The van der Waals surface area contributed by atoms with Gasteiger partial charge in [-0.2, -0.15) is 5.10 Å². The molecule has 1 aromatic carbocycles. The first kappa shape index (κ1) is 10.5. The number of benzene rings is 1. The maximum absolute atomic E-state index is 5.90. The summed E-state index contributed by atoms with van der Waals surface area (Å²) in [6.07, 6.45) is 3.28. The van der Waals surface area contributed by atoms with E-state index in [1.165, 1.54) is 0 Å². The van der Waals surface area contributed by atoms with Gasteiger partial charge in [0.05, 0.1) is 30.8 Å². The van der Waals surface area contributed by atoms with E-state index in [1.807, 2.05) is 18.2 Å². The lowest BCUT2D eigenvalue weighted by atomic mass is 10.1. The van der Waals surface area contributed by atoms with E-state index in [4.69, 9.17) is 10.5 Å². The molecule has 0 amide bonds. The van der Waals surface area contributed by atoms with Crippen LogP contribution in [0.25, 0.3) is 22.3 Å². The predicted octanol–water partition coefficient (Wildman–Crippen LogP) is 1.61. The number of anilines is 1. The molecular weight excluding hydrogens is 230 g/mol. The first-order chi connectivity index (χ1) is 8.79. The summed E-state index contributed by atoms with van der Waals surface area (Å²) in [5.41, 5.74) is 9.76. The number of nitrogens with one attached hydrogen (secondary N) is 1. The van der Waals surface area contributed by atoms with Gasteiger partial charge in [0.2, 0.25) is 0 Å². The van der Waals surface area contributed by atoms with Crippen molar-refractivity contribution in [2.24, 2.45) is 0 Å². The standard InChI is InChI=1S/C12H11N5O/c1-18-10-3-2-7(4-9(10)13)8-5-16-17-12-11(8)14-6-15-12/h2-6H,13H2,1H3,(H,14,15,17). The normalized spacial score (nSPS) is 10.7. The van der Waals surface area contributed by atoms with E-state index in [0.29, 0.717) is 17.1 Å². The number of imidazole rings is 1. The van der Waals surface area contributed by atoms with Crippen LogP contribution >= 0.6 is 0 Å². The molecule has 0 atom stereocenters. The fraction of sp³-hybridized carbons (Fsp3) is 0.0833. The molecule has 2 aromatic heterocycles. The summed E-state index contributed by atoms with van der Waals surface area (Å²) in [5.74, 6) is 0.654. The molecule has 0 saturated heterocycles. The van der Waals surface area contributed by atoms with Crippen LogP contribution in [0.4, 0.5) is 5.69 Å². The highest BCUT2D eigenvalue weighted by Gasteiger charge is 2.09. The lowest BCUT2D eigenvalue weighted by Crippen LogP contribution is -1.93. The van der Waals surface area contributed by atoms with Gasteiger partial charge in [-0.1, -0.05) is 6.07 Å². The average molecular weight is 241 g/mol. The maximum atomic E-state index is 5.90. The van der Waals surface area contributed by atoms with Crippen LogP contribution in [0.2, 0.25) is 0 Å². The summed E-state index contributed by atoms with van der Waals surface area (Å²) < 4.78 is 5.14. The van der Waals surface area contributed by atoms with Crippen molar-refractivity contribution in [3.05, 3.63) is 30.7 Å². The molecule has 18 heavy (non-hydrogen) atoms. The minimum Gasteiger partial charge on any atom is -0.495 e. The molecule has 6 nitrogen and oxygen atoms in total. The summed E-state index contributed by atoms with van der Waals surface area (Å²) in [6, 6.07) is 5.59. The molecule has 90 valence electrons. The fourth-order valence-electron chi connectivity index (χ4n) is 1.89. The predicted molar refractivity (Wildman–Crippen MR) is 68.1 cm³/mol. The molecule has 0 aliphatic rings. The van der Waals surface area contributed by atoms with Crippen molar-refractivity contribution in [2.75, 3.05) is 12.8 Å². The van der Waals surface area contributed by atoms with Crippen LogP contribution in [0.15, 0.2) is 30.7 Å². The summed E-state index contributed by atoms with van der Waals surface area (Å²) in [4.78, 5) is 7.12. The van der Waals surface area contributed by atoms with Crippen LogP contribution in [0, 0.1) is 0 Å². The molecule has 2 heterocycles. The summed E-state index contributed by atoms with van der Waals surface area (Å²) in [7, 11) is 1.59. The molecule has 0 unspecified atom stereocenters. The number of ether oxygens (including phenoxy) is 1. The van der Waals surface area contributed by atoms with Gasteiger partial charge in [0.1, 0.15) is 5.75 Å². The molecule has 0 aliphatic carbocycles. The number of nitrogens with two attached hydrogens (primary N) is 1. The zero-order valence-electron chi connectivity index (χ0n) is 9.71. The zero-order chi connectivity index (χ0) is 12.5. The van der Waals surface area contributed by atoms with Crippen molar-refractivity contribution in [1.82, 2.24) is 20.2 Å². The minimum atomic E-state index is 0.583. The monoisotopic (exact) mass is 241 g/mol. The van der Waals surface area contributed by atoms with Gasteiger partial charge in [-0.05, 0) is 17.7 Å². The van der Waals surface area contributed by atoms with Crippen molar-refractivity contribution in [2.45, 2.75) is 0 Å². The van der Waals surface area contributed by atoms with Gasteiger partial charge in [0.25, 0.3) is 0 Å². The third-order valence-corrected chi connectivity index (χ3v) is 2.77. The number of nitrogen functional groups attached to an aromatic ring is 1. The Balaban J connectivity index is 2.20. The third-order valence-electron chi connectivity index (χ3n) is 2.77. The van der Waals surface area contributed by atoms with Gasteiger partial charge in [-0.15, -0.1) is 5.10 Å². The number of fused-ring (bicyclic) bond motifs is 1. The van der Waals surface area contributed by atoms with Crippen LogP contribution in [0.3, 0.4) is 0 Å². The molecule has 3 rings (SSSR count). The average Bonchev–Trinajstić information content (AvgIpc) is 2.86. The Hall–Kier alpha value is -2.63. The van der Waals surface area contributed by atoms with E-state index < -0.39 is 0 Å². The fourth-order valence-corrected chi connectivity index (χ4v) is 1.89. The van der Waals surface area contributed by atoms with Gasteiger partial charge < -0.3 is 15.5 Å². The molecular formula is C12H11N5O. The van der Waals surface area contributed by atoms with Crippen molar-refractivity contribution in [1.29, 1.82) is 0 Å². The SMILES string of the molecule is COc1ccc(-c2cnnc3nc[nH]c23)cc1N. The second-order valence-electron chi connectivity index (χ2n) is 3.82. The molecule has 6 heteroatoms. The second-order valence-corrected chi connectivity index (χ2v) is 3.82. The third kappa shape index (κ3) is 1.55. The molecule has 3 aromatic rings. The molecule has 0 fully saturated rings. The Morgan fingerprint density at radius 3 is 3.00 bits per heavy atom. The number of methoxy groups -OCH3 is 1. The topological polar surface area (TPSA) is 89.7 Å². The number of hydrogen-bond donors (Lipinski definition) is 2. The number of nitrogens with zero attached hydrogens (tertiary/aromatic N) is 3. The van der Waals surface area contributed by atoms with E-state index in [0.717, 1.165) is 16.6 Å². The van der Waals surface area contributed by atoms with Crippen molar-refractivity contribution in [3.8, 4) is 16.9 Å². The summed E-state index contributed by atoms with van der Waals surface area (Å²) in [5, 5.41) is 7.86. The lowest BCUT2D eigenvalue weighted by molar-refractivity contribution is 0.417. The molecule has 0 radical (unpaired) electrons. The van der Waals surface area contributed by atoms with Crippen LogP contribution in [0.1, 0.15) is 0 Å². The van der Waals surface area contributed by atoms with E-state index >= 15 is 0 Å². The molecule has 0 saturated carbocycles. The Kier molecular flexibility index (Phi) is 2.33. The zero-order valence-corrected chi connectivity index (χ0v) is 9.71. The highest BCUT2D eigenvalue weighted by atomic mass is 16.5. The van der Waals surface area contributed by atoms with Gasteiger partial charge in [0, 0.05) is 5.56 Å². The van der Waals surface area contributed by atoms with Crippen LogP contribution < -0.4 is 10.5 Å². The molecule has 0 spiro atoms. The van der Waals surface area contributed by atoms with Crippen molar-refractivity contribution < 1.29 is 4.74 Å². The molecule has 0 aliphatic heterocycles. The van der Waals surface area contributed by atoms with Crippen molar-refractivity contribution >= 4 is 16.9 Å². The number of hydrogen-bond acceptors (Lipinski definition) is 5. The van der Waals surface area contributed by atoms with Gasteiger partial charge in [0.15, 0.2) is 5.65 Å². The first-order valence-electron chi connectivity index (χ1n) is 5.38. The lowest BCUT2D eigenvalue weighted by Gasteiger charge is -2.07. The number of aromatic nitrogens is 4. The highest BCUT2D eigenvalue weighted by molar-refractivity contribution is 5.89. The quantitative estimate of drug-likeness (QED) is 0.665. The van der Waals surface area contributed by atoms with Gasteiger partial charge in [-0.3, -0.25) is 0 Å². The number of aromatic amines is 1. The Morgan fingerprint density at radius 2 is 2.22 bits per heavy atom. The number of H-pyrrole nitrogens is 1. The van der Waals surface area contributed by atoms with Crippen LogP contribution in [0.5, 0.6) is 5.75 Å². The smallest absolute Gasteiger partial charge is 0.200 e. The summed E-state index contributed by atoms with van der Waals surface area (Å²) in [6.45, 7) is 0. The number of rotatable bonds is 2. The Bertz CT molecular complexity index is 707. The Labute approximate surface area is 103 Å². The van der Waals surface area contributed by atoms with E-state index in [9.17, 15) is 0 Å². The Morgan fingerprint density at radius 1 is 1.33 bits per heavy atom. The van der Waals surface area contributed by atoms with Crippen molar-refractivity contribution in [3.63, 3.8) is 0 Å². The van der Waals surface area contributed by atoms with E-state index in [2.05, 4.69) is 20.2 Å². The molecule has 0 bridgehead atoms. The summed E-state index contributed by atoms with van der Waals surface area (Å²) >= 11 is 0.